The first-order valence-electron chi connectivity index (χ1n) is 6.89. The molecular weight excluding hydrogens is 232 g/mol. The van der Waals surface area contributed by atoms with Crippen molar-refractivity contribution >= 4 is 5.91 Å². The number of aliphatic hydroxyl groups excluding tert-OH is 1. The zero-order valence-electron chi connectivity index (χ0n) is 11.0. The monoisotopic (exact) mass is 256 g/mol. The Morgan fingerprint density at radius 3 is 3.00 bits per heavy atom. The fourth-order valence-corrected chi connectivity index (χ4v) is 3.04. The van der Waals surface area contributed by atoms with Gasteiger partial charge in [-0.2, -0.15) is 0 Å². The van der Waals surface area contributed by atoms with E-state index in [2.05, 4.69) is 6.92 Å². The number of hydrogen-bond donors (Lipinski definition) is 2. The summed E-state index contributed by atoms with van der Waals surface area (Å²) in [5.41, 5.74) is 6.18. The van der Waals surface area contributed by atoms with Crippen LogP contribution in [-0.4, -0.2) is 54.4 Å². The molecule has 1 saturated heterocycles. The van der Waals surface area contributed by atoms with E-state index in [0.29, 0.717) is 25.7 Å². The van der Waals surface area contributed by atoms with E-state index in [9.17, 15) is 9.90 Å². The summed E-state index contributed by atoms with van der Waals surface area (Å²) in [7, 11) is 0. The Morgan fingerprint density at radius 2 is 2.28 bits per heavy atom. The summed E-state index contributed by atoms with van der Waals surface area (Å²) in [6.45, 7) is 3.64. The van der Waals surface area contributed by atoms with Gasteiger partial charge >= 0.3 is 0 Å². The van der Waals surface area contributed by atoms with E-state index in [0.717, 1.165) is 19.3 Å². The molecule has 3 N–H and O–H groups in total. The van der Waals surface area contributed by atoms with Crippen molar-refractivity contribution in [2.24, 2.45) is 17.6 Å². The predicted octanol–water partition coefficient (Wildman–Crippen LogP) is -0.0304. The van der Waals surface area contributed by atoms with Gasteiger partial charge < -0.3 is 20.5 Å². The summed E-state index contributed by atoms with van der Waals surface area (Å²) in [6.07, 6.45) is 3.05. The highest BCUT2D eigenvalue weighted by Gasteiger charge is 2.38. The van der Waals surface area contributed by atoms with Crippen molar-refractivity contribution < 1.29 is 14.6 Å². The van der Waals surface area contributed by atoms with E-state index in [1.165, 1.54) is 0 Å². The average molecular weight is 256 g/mol. The van der Waals surface area contributed by atoms with Crippen molar-refractivity contribution in [2.45, 2.75) is 38.3 Å². The molecule has 4 atom stereocenters. The summed E-state index contributed by atoms with van der Waals surface area (Å²) in [6, 6.07) is -0.246. The third kappa shape index (κ3) is 2.68. The number of aliphatic hydroxyl groups is 1. The lowest BCUT2D eigenvalue weighted by Crippen LogP contribution is -2.56. The van der Waals surface area contributed by atoms with Crippen LogP contribution in [0.5, 0.6) is 0 Å². The number of hydrogen-bond acceptors (Lipinski definition) is 4. The molecule has 1 aliphatic carbocycles. The molecule has 5 nitrogen and oxygen atoms in total. The van der Waals surface area contributed by atoms with Crippen molar-refractivity contribution in [2.75, 3.05) is 26.4 Å². The smallest absolute Gasteiger partial charge is 0.227 e. The molecule has 104 valence electrons. The molecular formula is C13H24N2O3. The molecule has 1 aliphatic heterocycles. The lowest BCUT2D eigenvalue weighted by molar-refractivity contribution is -0.148. The Labute approximate surface area is 108 Å². The number of amides is 1. The summed E-state index contributed by atoms with van der Waals surface area (Å²) in [5, 5.41) is 9.32. The van der Waals surface area contributed by atoms with E-state index in [4.69, 9.17) is 10.5 Å². The quantitative estimate of drug-likeness (QED) is 0.727. The Balaban J connectivity index is 2.04. The number of rotatable bonds is 2. The second kappa shape index (κ2) is 5.99. The minimum absolute atomic E-state index is 0.0384. The molecule has 1 heterocycles. The zero-order chi connectivity index (χ0) is 13.1. The van der Waals surface area contributed by atoms with Crippen molar-refractivity contribution in [1.82, 2.24) is 4.90 Å². The second-order valence-electron chi connectivity index (χ2n) is 5.53. The maximum atomic E-state index is 12.6. The Hall–Kier alpha value is -0.650. The first-order valence-corrected chi connectivity index (χ1v) is 6.89. The van der Waals surface area contributed by atoms with Crippen LogP contribution in [0, 0.1) is 11.8 Å². The van der Waals surface area contributed by atoms with Crippen LogP contribution < -0.4 is 5.73 Å². The number of morpholine rings is 1. The summed E-state index contributed by atoms with van der Waals surface area (Å²) in [4.78, 5) is 14.3. The molecule has 1 saturated carbocycles. The van der Waals surface area contributed by atoms with Gasteiger partial charge in [0.2, 0.25) is 5.91 Å². The first kappa shape index (κ1) is 13.8. The van der Waals surface area contributed by atoms with Gasteiger partial charge in [-0.15, -0.1) is 0 Å². The molecule has 2 fully saturated rings. The molecule has 0 bridgehead atoms. The largest absolute Gasteiger partial charge is 0.394 e. The van der Waals surface area contributed by atoms with Crippen LogP contribution in [0.1, 0.15) is 26.2 Å². The predicted molar refractivity (Wildman–Crippen MR) is 67.9 cm³/mol. The maximum absolute atomic E-state index is 12.6. The van der Waals surface area contributed by atoms with Crippen molar-refractivity contribution in [1.29, 1.82) is 0 Å². The van der Waals surface area contributed by atoms with E-state index in [1.807, 2.05) is 0 Å². The molecule has 2 rings (SSSR count). The number of carbonyl (C=O) groups excluding carboxylic acids is 1. The van der Waals surface area contributed by atoms with E-state index >= 15 is 0 Å². The Bertz CT molecular complexity index is 288. The molecule has 4 unspecified atom stereocenters. The Kier molecular flexibility index (Phi) is 4.59. The molecule has 18 heavy (non-hydrogen) atoms. The van der Waals surface area contributed by atoms with Gasteiger partial charge in [0.1, 0.15) is 0 Å². The van der Waals surface area contributed by atoms with Crippen molar-refractivity contribution in [3.63, 3.8) is 0 Å². The third-order valence-corrected chi connectivity index (χ3v) is 4.33. The normalized spacial score (nSPS) is 37.6. The lowest BCUT2D eigenvalue weighted by Gasteiger charge is -2.40. The van der Waals surface area contributed by atoms with Crippen molar-refractivity contribution in [3.05, 3.63) is 0 Å². The first-order chi connectivity index (χ1) is 8.65. The van der Waals surface area contributed by atoms with Gasteiger partial charge in [-0.1, -0.05) is 13.3 Å². The van der Waals surface area contributed by atoms with Crippen LogP contribution in [0.2, 0.25) is 0 Å². The van der Waals surface area contributed by atoms with Gasteiger partial charge in [0.25, 0.3) is 0 Å². The Morgan fingerprint density at radius 1 is 1.50 bits per heavy atom. The standard InChI is InChI=1S/C13H24N2O3/c1-9-3-2-4-11(12(9)14)13(17)15-5-6-18-8-10(15)7-16/h9-12,16H,2-8,14H2,1H3. The minimum atomic E-state index is -0.198. The fourth-order valence-electron chi connectivity index (χ4n) is 3.04. The van der Waals surface area contributed by atoms with Crippen LogP contribution in [0.3, 0.4) is 0 Å². The molecule has 5 heteroatoms. The van der Waals surface area contributed by atoms with Gasteiger partial charge in [-0.3, -0.25) is 4.79 Å². The van der Waals surface area contributed by atoms with Crippen LogP contribution in [-0.2, 0) is 9.53 Å². The lowest BCUT2D eigenvalue weighted by atomic mass is 9.77. The summed E-state index contributed by atoms with van der Waals surface area (Å²) < 4.78 is 5.30. The SMILES string of the molecule is CC1CCCC(C(=O)N2CCOCC2CO)C1N. The minimum Gasteiger partial charge on any atom is -0.394 e. The fraction of sp³-hybridized carbons (Fsp3) is 0.923. The molecule has 0 aromatic rings. The van der Waals surface area contributed by atoms with Crippen LogP contribution in [0.15, 0.2) is 0 Å². The van der Waals surface area contributed by atoms with Crippen LogP contribution in [0.25, 0.3) is 0 Å². The van der Waals surface area contributed by atoms with E-state index in [1.54, 1.807) is 4.90 Å². The highest BCUT2D eigenvalue weighted by Crippen LogP contribution is 2.30. The highest BCUT2D eigenvalue weighted by molar-refractivity contribution is 5.80. The molecule has 0 aromatic carbocycles. The molecule has 0 aromatic heterocycles. The highest BCUT2D eigenvalue weighted by atomic mass is 16.5. The van der Waals surface area contributed by atoms with Gasteiger partial charge in [-0.05, 0) is 18.8 Å². The van der Waals surface area contributed by atoms with Crippen LogP contribution >= 0.6 is 0 Å². The van der Waals surface area contributed by atoms with E-state index in [-0.39, 0.29) is 30.5 Å². The second-order valence-corrected chi connectivity index (χ2v) is 5.53. The third-order valence-electron chi connectivity index (χ3n) is 4.33. The van der Waals surface area contributed by atoms with Gasteiger partial charge in [0, 0.05) is 12.6 Å². The van der Waals surface area contributed by atoms with Crippen LogP contribution in [0.4, 0.5) is 0 Å². The summed E-state index contributed by atoms with van der Waals surface area (Å²) >= 11 is 0. The topological polar surface area (TPSA) is 75.8 Å². The average Bonchev–Trinajstić information content (AvgIpc) is 2.41. The number of ether oxygens (including phenoxy) is 1. The maximum Gasteiger partial charge on any atom is 0.227 e. The number of carbonyl (C=O) groups is 1. The van der Waals surface area contributed by atoms with E-state index < -0.39 is 0 Å². The summed E-state index contributed by atoms with van der Waals surface area (Å²) in [5.74, 6) is 0.429. The molecule has 0 radical (unpaired) electrons. The zero-order valence-corrected chi connectivity index (χ0v) is 11.0. The van der Waals surface area contributed by atoms with Gasteiger partial charge in [0.05, 0.1) is 31.8 Å². The number of nitrogens with two attached hydrogens (primary N) is 1. The molecule has 2 aliphatic rings. The van der Waals surface area contributed by atoms with Crippen molar-refractivity contribution in [3.8, 4) is 0 Å². The molecule has 1 amide bonds. The van der Waals surface area contributed by atoms with Gasteiger partial charge in [0.15, 0.2) is 0 Å². The van der Waals surface area contributed by atoms with Gasteiger partial charge in [-0.25, -0.2) is 0 Å². The molecule has 0 spiro atoms. The number of nitrogens with zero attached hydrogens (tertiary/aromatic N) is 1.